The molecule has 30 heavy (non-hydrogen) atoms. The second-order valence-corrected chi connectivity index (χ2v) is 7.24. The molecular formula is C23H18N4O3. The Hall–Kier alpha value is -4.00. The first kappa shape index (κ1) is 18.1. The molecule has 0 radical (unpaired) electrons. The Kier molecular flexibility index (Phi) is 3.92. The minimum absolute atomic E-state index is 0.300. The Morgan fingerprint density at radius 1 is 1.00 bits per heavy atom. The van der Waals surface area contributed by atoms with E-state index >= 15 is 0 Å². The van der Waals surface area contributed by atoms with Crippen molar-refractivity contribution in [3.05, 3.63) is 71.4 Å². The summed E-state index contributed by atoms with van der Waals surface area (Å²) in [6.45, 7) is 2.00. The van der Waals surface area contributed by atoms with E-state index in [1.807, 2.05) is 55.5 Å². The number of carbonyl (C=O) groups excluding carboxylic acids is 2. The molecule has 0 bridgehead atoms. The SMILES string of the molecule is COc1ccc(-c2nn(-c3cccc(C)c3)c3ncc4c(c23)C(=O)N(C)C4=O)cc1. The fraction of sp³-hybridized carbons (Fsp3) is 0.130. The maximum absolute atomic E-state index is 12.9. The van der Waals surface area contributed by atoms with Gasteiger partial charge in [-0.3, -0.25) is 14.5 Å². The van der Waals surface area contributed by atoms with Crippen molar-refractivity contribution in [1.29, 1.82) is 0 Å². The lowest BCUT2D eigenvalue weighted by molar-refractivity contribution is 0.0693. The van der Waals surface area contributed by atoms with Crippen LogP contribution in [0, 0.1) is 6.92 Å². The van der Waals surface area contributed by atoms with Crippen molar-refractivity contribution < 1.29 is 14.3 Å². The number of hydrogen-bond donors (Lipinski definition) is 0. The van der Waals surface area contributed by atoms with Crippen molar-refractivity contribution in [2.75, 3.05) is 14.2 Å². The second kappa shape index (κ2) is 6.52. The zero-order chi connectivity index (χ0) is 21.0. The number of methoxy groups -OCH3 is 1. The first-order chi connectivity index (χ1) is 14.5. The van der Waals surface area contributed by atoms with E-state index in [-0.39, 0.29) is 11.8 Å². The van der Waals surface area contributed by atoms with E-state index in [4.69, 9.17) is 9.84 Å². The van der Waals surface area contributed by atoms with Gasteiger partial charge in [0, 0.05) is 18.8 Å². The normalized spacial score (nSPS) is 13.2. The average molecular weight is 398 g/mol. The third kappa shape index (κ3) is 2.52. The quantitative estimate of drug-likeness (QED) is 0.493. The summed E-state index contributed by atoms with van der Waals surface area (Å²) in [6, 6.07) is 15.3. The highest BCUT2D eigenvalue weighted by atomic mass is 16.5. The second-order valence-electron chi connectivity index (χ2n) is 7.24. The van der Waals surface area contributed by atoms with Crippen molar-refractivity contribution in [3.63, 3.8) is 0 Å². The lowest BCUT2D eigenvalue weighted by atomic mass is 10.0. The van der Waals surface area contributed by atoms with E-state index in [2.05, 4.69) is 4.98 Å². The van der Waals surface area contributed by atoms with E-state index in [1.54, 1.807) is 11.8 Å². The van der Waals surface area contributed by atoms with Crippen molar-refractivity contribution in [3.8, 4) is 22.7 Å². The molecule has 0 unspecified atom stereocenters. The molecule has 7 heteroatoms. The van der Waals surface area contributed by atoms with Gasteiger partial charge in [-0.15, -0.1) is 0 Å². The fourth-order valence-electron chi connectivity index (χ4n) is 3.80. The van der Waals surface area contributed by atoms with Crippen molar-refractivity contribution in [2.24, 2.45) is 0 Å². The van der Waals surface area contributed by atoms with Crippen LogP contribution in [0.25, 0.3) is 28.0 Å². The summed E-state index contributed by atoms with van der Waals surface area (Å²) < 4.78 is 6.98. The summed E-state index contributed by atoms with van der Waals surface area (Å²) in [4.78, 5) is 31.1. The van der Waals surface area contributed by atoms with Gasteiger partial charge in [0.1, 0.15) is 11.4 Å². The van der Waals surface area contributed by atoms with Gasteiger partial charge in [-0.25, -0.2) is 9.67 Å². The van der Waals surface area contributed by atoms with E-state index in [1.165, 1.54) is 13.2 Å². The maximum Gasteiger partial charge on any atom is 0.262 e. The van der Waals surface area contributed by atoms with Crippen molar-refractivity contribution in [2.45, 2.75) is 6.92 Å². The highest BCUT2D eigenvalue weighted by Crippen LogP contribution is 2.36. The van der Waals surface area contributed by atoms with E-state index in [0.29, 0.717) is 27.9 Å². The van der Waals surface area contributed by atoms with Crippen LogP contribution in [0.15, 0.2) is 54.7 Å². The first-order valence-corrected chi connectivity index (χ1v) is 9.45. The summed E-state index contributed by atoms with van der Waals surface area (Å²) in [6.07, 6.45) is 1.47. The van der Waals surface area contributed by atoms with Crippen molar-refractivity contribution in [1.82, 2.24) is 19.7 Å². The number of pyridine rings is 1. The molecule has 0 aliphatic carbocycles. The molecule has 148 valence electrons. The van der Waals surface area contributed by atoms with Crippen LogP contribution in [-0.4, -0.2) is 45.6 Å². The number of nitrogens with zero attached hydrogens (tertiary/aromatic N) is 4. The molecule has 1 aliphatic rings. The smallest absolute Gasteiger partial charge is 0.262 e. The molecule has 1 aliphatic heterocycles. The van der Waals surface area contributed by atoms with Crippen LogP contribution in [-0.2, 0) is 0 Å². The van der Waals surface area contributed by atoms with Crippen LogP contribution in [0.4, 0.5) is 0 Å². The highest BCUT2D eigenvalue weighted by Gasteiger charge is 2.37. The average Bonchev–Trinajstić information content (AvgIpc) is 3.25. The summed E-state index contributed by atoms with van der Waals surface area (Å²) >= 11 is 0. The number of fused-ring (bicyclic) bond motifs is 3. The standard InChI is InChI=1S/C23H18N4O3/c1-13-5-4-6-15(11-13)27-21-19(18-17(12-24-21)22(28)26(2)23(18)29)20(25-27)14-7-9-16(30-3)10-8-14/h4-12H,1-3H3. The molecule has 0 fully saturated rings. The Morgan fingerprint density at radius 3 is 2.47 bits per heavy atom. The number of aryl methyl sites for hydroxylation is 1. The van der Waals surface area contributed by atoms with Crippen LogP contribution in [0.1, 0.15) is 26.3 Å². The van der Waals surface area contributed by atoms with Gasteiger partial charge in [0.25, 0.3) is 11.8 Å². The van der Waals surface area contributed by atoms with Crippen molar-refractivity contribution >= 4 is 22.8 Å². The number of benzene rings is 2. The lowest BCUT2D eigenvalue weighted by Gasteiger charge is -2.04. The molecule has 5 rings (SSSR count). The predicted molar refractivity (Wildman–Crippen MR) is 112 cm³/mol. The molecule has 4 aromatic rings. The molecular weight excluding hydrogens is 380 g/mol. The molecule has 0 N–H and O–H groups in total. The van der Waals surface area contributed by atoms with Crippen LogP contribution < -0.4 is 4.74 Å². The van der Waals surface area contributed by atoms with Gasteiger partial charge in [0.15, 0.2) is 5.65 Å². The third-order valence-corrected chi connectivity index (χ3v) is 5.36. The Labute approximate surface area is 172 Å². The molecule has 2 amide bonds. The Bertz CT molecular complexity index is 1340. The molecule has 3 heterocycles. The third-order valence-electron chi connectivity index (χ3n) is 5.36. The minimum atomic E-state index is -0.353. The molecule has 2 aromatic heterocycles. The number of imide groups is 1. The van der Waals surface area contributed by atoms with Gasteiger partial charge in [-0.05, 0) is 48.9 Å². The van der Waals surface area contributed by atoms with Gasteiger partial charge in [0.05, 0.1) is 29.3 Å². The van der Waals surface area contributed by atoms with Gasteiger partial charge >= 0.3 is 0 Å². The minimum Gasteiger partial charge on any atom is -0.497 e. The summed E-state index contributed by atoms with van der Waals surface area (Å²) in [5.41, 5.74) is 4.48. The van der Waals surface area contributed by atoms with Gasteiger partial charge in [-0.1, -0.05) is 12.1 Å². The number of carbonyl (C=O) groups is 2. The maximum atomic E-state index is 12.9. The van der Waals surface area contributed by atoms with Gasteiger partial charge in [0.2, 0.25) is 0 Å². The van der Waals surface area contributed by atoms with Crippen LogP contribution in [0.3, 0.4) is 0 Å². The van der Waals surface area contributed by atoms with E-state index < -0.39 is 0 Å². The molecule has 0 saturated carbocycles. The number of ether oxygens (including phenoxy) is 1. The van der Waals surface area contributed by atoms with E-state index in [9.17, 15) is 9.59 Å². The number of aromatic nitrogens is 3. The van der Waals surface area contributed by atoms with E-state index in [0.717, 1.165) is 27.5 Å². The topological polar surface area (TPSA) is 77.3 Å². The molecule has 0 atom stereocenters. The summed E-state index contributed by atoms with van der Waals surface area (Å²) in [7, 11) is 3.09. The van der Waals surface area contributed by atoms with Crippen LogP contribution in [0.2, 0.25) is 0 Å². The lowest BCUT2D eigenvalue weighted by Crippen LogP contribution is -2.24. The molecule has 0 spiro atoms. The molecule has 7 nitrogen and oxygen atoms in total. The first-order valence-electron chi connectivity index (χ1n) is 9.45. The highest BCUT2D eigenvalue weighted by molar-refractivity contribution is 6.27. The molecule has 0 saturated heterocycles. The number of hydrogen-bond acceptors (Lipinski definition) is 5. The fourth-order valence-corrected chi connectivity index (χ4v) is 3.80. The van der Waals surface area contributed by atoms with Crippen LogP contribution >= 0.6 is 0 Å². The zero-order valence-corrected chi connectivity index (χ0v) is 16.7. The molecule has 2 aromatic carbocycles. The van der Waals surface area contributed by atoms with Gasteiger partial charge in [-0.2, -0.15) is 5.10 Å². The predicted octanol–water partition coefficient (Wildman–Crippen LogP) is 3.63. The number of rotatable bonds is 3. The van der Waals surface area contributed by atoms with Gasteiger partial charge < -0.3 is 4.74 Å². The van der Waals surface area contributed by atoms with Crippen LogP contribution in [0.5, 0.6) is 5.75 Å². The zero-order valence-electron chi connectivity index (χ0n) is 16.7. The monoisotopic (exact) mass is 398 g/mol. The largest absolute Gasteiger partial charge is 0.497 e. The summed E-state index contributed by atoms with van der Waals surface area (Å²) in [5, 5.41) is 5.39. The number of amides is 2. The summed E-state index contributed by atoms with van der Waals surface area (Å²) in [5.74, 6) is 0.0184. The Balaban J connectivity index is 1.86. The Morgan fingerprint density at radius 2 is 1.77 bits per heavy atom.